The summed E-state index contributed by atoms with van der Waals surface area (Å²) in [5, 5.41) is 0. The highest BCUT2D eigenvalue weighted by molar-refractivity contribution is 5.78. The molecule has 21 heavy (non-hydrogen) atoms. The molecule has 1 amide bonds. The highest BCUT2D eigenvalue weighted by atomic mass is 16.3. The second-order valence-corrected chi connectivity index (χ2v) is 6.86. The summed E-state index contributed by atoms with van der Waals surface area (Å²) in [6, 6.07) is 4.32. The number of amides is 1. The highest BCUT2D eigenvalue weighted by Crippen LogP contribution is 2.33. The quantitative estimate of drug-likeness (QED) is 0.906. The maximum atomic E-state index is 12.7. The van der Waals surface area contributed by atoms with Gasteiger partial charge in [0, 0.05) is 18.0 Å². The Labute approximate surface area is 126 Å². The Morgan fingerprint density at radius 2 is 2.05 bits per heavy atom. The van der Waals surface area contributed by atoms with Gasteiger partial charge in [-0.2, -0.15) is 0 Å². The van der Waals surface area contributed by atoms with E-state index in [9.17, 15) is 4.79 Å². The van der Waals surface area contributed by atoms with Crippen LogP contribution in [0.4, 0.5) is 0 Å². The Hall–Kier alpha value is -1.29. The number of hydrogen-bond acceptors (Lipinski definition) is 3. The maximum absolute atomic E-state index is 12.7. The molecule has 2 N–H and O–H groups in total. The van der Waals surface area contributed by atoms with Crippen molar-refractivity contribution in [2.75, 3.05) is 0 Å². The molecule has 0 aliphatic heterocycles. The van der Waals surface area contributed by atoms with Crippen LogP contribution in [-0.4, -0.2) is 22.4 Å². The third-order valence-electron chi connectivity index (χ3n) is 4.78. The Balaban J connectivity index is 1.64. The van der Waals surface area contributed by atoms with Gasteiger partial charge in [-0.3, -0.25) is 4.79 Å². The Morgan fingerprint density at radius 1 is 1.33 bits per heavy atom. The number of carbonyl (C=O) groups is 1. The summed E-state index contributed by atoms with van der Waals surface area (Å²) in [4.78, 5) is 14.7. The molecule has 4 nitrogen and oxygen atoms in total. The van der Waals surface area contributed by atoms with Crippen LogP contribution in [0.5, 0.6) is 0 Å². The van der Waals surface area contributed by atoms with E-state index in [0.29, 0.717) is 19.0 Å². The molecule has 0 aromatic carbocycles. The first kappa shape index (κ1) is 14.6. The zero-order valence-electron chi connectivity index (χ0n) is 12.9. The second-order valence-electron chi connectivity index (χ2n) is 6.86. The van der Waals surface area contributed by atoms with Crippen LogP contribution in [0, 0.1) is 6.92 Å². The van der Waals surface area contributed by atoms with Crippen LogP contribution < -0.4 is 5.73 Å². The van der Waals surface area contributed by atoms with E-state index in [4.69, 9.17) is 10.2 Å². The number of rotatable bonds is 5. The summed E-state index contributed by atoms with van der Waals surface area (Å²) >= 11 is 0. The summed E-state index contributed by atoms with van der Waals surface area (Å²) in [5.74, 6) is 1.98. The fourth-order valence-electron chi connectivity index (χ4n) is 3.38. The fourth-order valence-corrected chi connectivity index (χ4v) is 3.38. The molecular formula is C17H26N2O2. The highest BCUT2D eigenvalue weighted by Gasteiger charge is 2.37. The zero-order chi connectivity index (χ0) is 14.9. The molecule has 0 saturated heterocycles. The van der Waals surface area contributed by atoms with Gasteiger partial charge in [-0.1, -0.05) is 19.3 Å². The molecule has 0 spiro atoms. The molecule has 2 aliphatic rings. The van der Waals surface area contributed by atoms with Gasteiger partial charge < -0.3 is 15.1 Å². The topological polar surface area (TPSA) is 59.5 Å². The largest absolute Gasteiger partial charge is 0.464 e. The molecule has 2 fully saturated rings. The number of furan rings is 1. The number of hydrogen-bond donors (Lipinski definition) is 1. The molecule has 0 atom stereocenters. The Kier molecular flexibility index (Phi) is 4.07. The molecule has 0 radical (unpaired) electrons. The second kappa shape index (κ2) is 5.84. The minimum Gasteiger partial charge on any atom is -0.464 e. The third kappa shape index (κ3) is 3.67. The molecule has 1 aromatic rings. The molecule has 4 heteroatoms. The first-order chi connectivity index (χ1) is 10.1. The van der Waals surface area contributed by atoms with Gasteiger partial charge in [0.05, 0.1) is 6.54 Å². The molecular weight excluding hydrogens is 264 g/mol. The lowest BCUT2D eigenvalue weighted by molar-refractivity contribution is -0.134. The van der Waals surface area contributed by atoms with Gasteiger partial charge in [0.2, 0.25) is 5.91 Å². The van der Waals surface area contributed by atoms with Crippen molar-refractivity contribution in [3.05, 3.63) is 23.7 Å². The molecule has 2 saturated carbocycles. The van der Waals surface area contributed by atoms with Crippen molar-refractivity contribution in [2.24, 2.45) is 5.73 Å². The average Bonchev–Trinajstić information content (AvgIpc) is 3.19. The smallest absolute Gasteiger partial charge is 0.225 e. The normalized spacial score (nSPS) is 21.2. The number of nitrogens with two attached hydrogens (primary N) is 1. The standard InChI is InChI=1S/C17H26N2O2/c1-13-5-8-15(21-13)12-19(14-6-7-14)16(20)11-17(18)9-3-2-4-10-17/h5,8,14H,2-4,6-7,9-12,18H2,1H3. The van der Waals surface area contributed by atoms with Crippen LogP contribution in [0.25, 0.3) is 0 Å². The number of carbonyl (C=O) groups excluding carboxylic acids is 1. The van der Waals surface area contributed by atoms with E-state index in [2.05, 4.69) is 0 Å². The predicted molar refractivity (Wildman–Crippen MR) is 81.6 cm³/mol. The van der Waals surface area contributed by atoms with Gasteiger partial charge >= 0.3 is 0 Å². The average molecular weight is 290 g/mol. The molecule has 3 rings (SSSR count). The van der Waals surface area contributed by atoms with Crippen LogP contribution in [0.1, 0.15) is 62.9 Å². The van der Waals surface area contributed by atoms with E-state index in [0.717, 1.165) is 50.0 Å². The molecule has 1 heterocycles. The van der Waals surface area contributed by atoms with Gasteiger partial charge in [0.25, 0.3) is 0 Å². The van der Waals surface area contributed by atoms with Crippen LogP contribution in [0.3, 0.4) is 0 Å². The lowest BCUT2D eigenvalue weighted by atomic mass is 9.80. The maximum Gasteiger partial charge on any atom is 0.225 e. The van der Waals surface area contributed by atoms with E-state index in [-0.39, 0.29) is 11.4 Å². The fraction of sp³-hybridized carbons (Fsp3) is 0.706. The van der Waals surface area contributed by atoms with E-state index in [1.807, 2.05) is 24.0 Å². The minimum absolute atomic E-state index is 0.205. The molecule has 116 valence electrons. The summed E-state index contributed by atoms with van der Waals surface area (Å²) in [6.07, 6.45) is 8.25. The summed E-state index contributed by atoms with van der Waals surface area (Å²) in [6.45, 7) is 2.52. The minimum atomic E-state index is -0.276. The lowest BCUT2D eigenvalue weighted by Gasteiger charge is -2.34. The zero-order valence-corrected chi connectivity index (χ0v) is 12.9. The van der Waals surface area contributed by atoms with Gasteiger partial charge in [-0.15, -0.1) is 0 Å². The predicted octanol–water partition coefficient (Wildman–Crippen LogP) is 3.13. The van der Waals surface area contributed by atoms with Gasteiger partial charge in [0.15, 0.2) is 0 Å². The third-order valence-corrected chi connectivity index (χ3v) is 4.78. The van der Waals surface area contributed by atoms with Crippen LogP contribution in [0.2, 0.25) is 0 Å². The first-order valence-electron chi connectivity index (χ1n) is 8.19. The van der Waals surface area contributed by atoms with Crippen molar-refractivity contribution < 1.29 is 9.21 Å². The summed E-state index contributed by atoms with van der Waals surface area (Å²) in [5.41, 5.74) is 6.17. The lowest BCUT2D eigenvalue weighted by Crippen LogP contribution is -2.47. The van der Waals surface area contributed by atoms with Gasteiger partial charge in [-0.05, 0) is 44.7 Å². The van der Waals surface area contributed by atoms with Gasteiger partial charge in [-0.25, -0.2) is 0 Å². The molecule has 1 aromatic heterocycles. The number of nitrogens with zero attached hydrogens (tertiary/aromatic N) is 1. The summed E-state index contributed by atoms with van der Waals surface area (Å²) in [7, 11) is 0. The molecule has 0 bridgehead atoms. The van der Waals surface area contributed by atoms with Crippen LogP contribution >= 0.6 is 0 Å². The van der Waals surface area contributed by atoms with Crippen molar-refractivity contribution >= 4 is 5.91 Å². The van der Waals surface area contributed by atoms with Crippen LogP contribution in [-0.2, 0) is 11.3 Å². The van der Waals surface area contributed by atoms with E-state index in [1.165, 1.54) is 6.42 Å². The summed E-state index contributed by atoms with van der Waals surface area (Å²) < 4.78 is 5.63. The monoisotopic (exact) mass is 290 g/mol. The Bertz CT molecular complexity index is 499. The molecule has 2 aliphatic carbocycles. The van der Waals surface area contributed by atoms with Gasteiger partial charge in [0.1, 0.15) is 11.5 Å². The van der Waals surface area contributed by atoms with Crippen molar-refractivity contribution in [1.29, 1.82) is 0 Å². The van der Waals surface area contributed by atoms with E-state index < -0.39 is 0 Å². The van der Waals surface area contributed by atoms with Crippen LogP contribution in [0.15, 0.2) is 16.5 Å². The van der Waals surface area contributed by atoms with E-state index in [1.54, 1.807) is 0 Å². The molecule has 0 unspecified atom stereocenters. The first-order valence-corrected chi connectivity index (χ1v) is 8.19. The van der Waals surface area contributed by atoms with Crippen molar-refractivity contribution in [2.45, 2.75) is 76.4 Å². The van der Waals surface area contributed by atoms with Crippen molar-refractivity contribution in [3.63, 3.8) is 0 Å². The number of aryl methyl sites for hydroxylation is 1. The van der Waals surface area contributed by atoms with Crippen molar-refractivity contribution in [1.82, 2.24) is 4.90 Å². The SMILES string of the molecule is Cc1ccc(CN(C(=O)CC2(N)CCCCC2)C2CC2)o1. The van der Waals surface area contributed by atoms with Crippen molar-refractivity contribution in [3.8, 4) is 0 Å². The van der Waals surface area contributed by atoms with E-state index >= 15 is 0 Å². The Morgan fingerprint density at radius 3 is 2.62 bits per heavy atom.